The lowest BCUT2D eigenvalue weighted by Crippen LogP contribution is -2.35. The molecule has 0 aliphatic carbocycles. The fourth-order valence-electron chi connectivity index (χ4n) is 2.44. The zero-order valence-electron chi connectivity index (χ0n) is 12.3. The van der Waals surface area contributed by atoms with Gasteiger partial charge in [0.2, 0.25) is 11.0 Å². The monoisotopic (exact) mass is 305 g/mol. The number of piperidine rings is 1. The number of aromatic nitrogens is 4. The summed E-state index contributed by atoms with van der Waals surface area (Å²) < 4.78 is 5.80. The second-order valence-electron chi connectivity index (χ2n) is 5.29. The molecule has 0 N–H and O–H groups in total. The molecule has 0 amide bonds. The zero-order chi connectivity index (χ0) is 14.7. The lowest BCUT2D eigenvalue weighted by Gasteiger charge is -2.31. The highest BCUT2D eigenvalue weighted by Gasteiger charge is 2.22. The molecule has 2 aromatic heterocycles. The fourth-order valence-corrected chi connectivity index (χ4v) is 3.18. The summed E-state index contributed by atoms with van der Waals surface area (Å²) in [5.41, 5.74) is 0.847. The van der Waals surface area contributed by atoms with Gasteiger partial charge in [0.05, 0.1) is 12.3 Å². The first-order chi connectivity index (χ1) is 10.2. The summed E-state index contributed by atoms with van der Waals surface area (Å²) in [6.45, 7) is 6.65. The molecular weight excluding hydrogens is 286 g/mol. The van der Waals surface area contributed by atoms with Crippen molar-refractivity contribution in [2.75, 3.05) is 24.6 Å². The van der Waals surface area contributed by atoms with Crippen molar-refractivity contribution >= 4 is 16.5 Å². The van der Waals surface area contributed by atoms with Gasteiger partial charge in [-0.05, 0) is 32.6 Å². The maximum Gasteiger partial charge on any atom is 0.235 e. The van der Waals surface area contributed by atoms with E-state index in [-0.39, 0.29) is 0 Å². The number of nitrogens with zero attached hydrogens (tertiary/aromatic N) is 5. The Morgan fingerprint density at radius 1 is 1.19 bits per heavy atom. The lowest BCUT2D eigenvalue weighted by molar-refractivity contribution is 0.214. The van der Waals surface area contributed by atoms with Crippen LogP contribution < -0.4 is 9.64 Å². The highest BCUT2D eigenvalue weighted by Crippen LogP contribution is 2.26. The number of hydrogen-bond acceptors (Lipinski definition) is 7. The first-order valence-electron chi connectivity index (χ1n) is 7.18. The fraction of sp³-hybridized carbons (Fsp3) is 0.571. The number of anilines is 1. The molecule has 2 aromatic rings. The molecule has 1 aliphatic heterocycles. The second kappa shape index (κ2) is 6.34. The molecule has 0 aromatic carbocycles. The highest BCUT2D eigenvalue weighted by atomic mass is 32.1. The van der Waals surface area contributed by atoms with E-state index in [0.717, 1.165) is 41.8 Å². The van der Waals surface area contributed by atoms with Crippen molar-refractivity contribution in [3.63, 3.8) is 0 Å². The van der Waals surface area contributed by atoms with Gasteiger partial charge in [-0.2, -0.15) is 0 Å². The number of aryl methyl sites for hydroxylation is 2. The van der Waals surface area contributed by atoms with Gasteiger partial charge in [-0.15, -0.1) is 10.2 Å². The Morgan fingerprint density at radius 2 is 1.95 bits per heavy atom. The highest BCUT2D eigenvalue weighted by molar-refractivity contribution is 7.15. The quantitative estimate of drug-likeness (QED) is 0.863. The largest absolute Gasteiger partial charge is 0.476 e. The maximum atomic E-state index is 5.80. The normalized spacial score (nSPS) is 16.2. The summed E-state index contributed by atoms with van der Waals surface area (Å²) in [5.74, 6) is 1.22. The van der Waals surface area contributed by atoms with Crippen LogP contribution in [0.4, 0.5) is 5.13 Å². The molecule has 0 spiro atoms. The molecule has 0 atom stereocenters. The van der Waals surface area contributed by atoms with Crippen LogP contribution in [0.2, 0.25) is 0 Å². The van der Waals surface area contributed by atoms with E-state index in [2.05, 4.69) is 25.1 Å². The minimum absolute atomic E-state index is 0.566. The van der Waals surface area contributed by atoms with Gasteiger partial charge in [0.25, 0.3) is 0 Å². The van der Waals surface area contributed by atoms with Gasteiger partial charge < -0.3 is 9.64 Å². The molecule has 112 valence electrons. The molecule has 1 fully saturated rings. The molecule has 3 rings (SSSR count). The Labute approximate surface area is 128 Å². The van der Waals surface area contributed by atoms with E-state index in [1.807, 2.05) is 13.8 Å². The molecule has 0 unspecified atom stereocenters. The van der Waals surface area contributed by atoms with Crippen LogP contribution in [-0.4, -0.2) is 39.9 Å². The summed E-state index contributed by atoms with van der Waals surface area (Å²) in [5, 5.41) is 10.4. The molecule has 21 heavy (non-hydrogen) atoms. The summed E-state index contributed by atoms with van der Waals surface area (Å²) in [6, 6.07) is 0. The average Bonchev–Trinajstić information content (AvgIpc) is 2.94. The van der Waals surface area contributed by atoms with E-state index in [9.17, 15) is 0 Å². The van der Waals surface area contributed by atoms with Crippen LogP contribution in [0.1, 0.15) is 23.5 Å². The van der Waals surface area contributed by atoms with E-state index in [0.29, 0.717) is 18.4 Å². The minimum atomic E-state index is 0.566. The number of rotatable bonds is 4. The van der Waals surface area contributed by atoms with Crippen LogP contribution in [0.3, 0.4) is 0 Å². The molecule has 0 bridgehead atoms. The van der Waals surface area contributed by atoms with Crippen molar-refractivity contribution in [3.05, 3.63) is 23.1 Å². The lowest BCUT2D eigenvalue weighted by atomic mass is 9.98. The molecular formula is C14H19N5OS. The Morgan fingerprint density at radius 3 is 2.62 bits per heavy atom. The van der Waals surface area contributed by atoms with Crippen molar-refractivity contribution in [1.82, 2.24) is 20.2 Å². The molecule has 6 nitrogen and oxygen atoms in total. The van der Waals surface area contributed by atoms with Crippen molar-refractivity contribution in [1.29, 1.82) is 0 Å². The van der Waals surface area contributed by atoms with Crippen molar-refractivity contribution in [3.8, 4) is 5.88 Å². The van der Waals surface area contributed by atoms with Crippen LogP contribution in [0.5, 0.6) is 5.88 Å². The van der Waals surface area contributed by atoms with Crippen molar-refractivity contribution in [2.24, 2.45) is 5.92 Å². The van der Waals surface area contributed by atoms with E-state index < -0.39 is 0 Å². The summed E-state index contributed by atoms with van der Waals surface area (Å²) in [4.78, 5) is 10.7. The van der Waals surface area contributed by atoms with Gasteiger partial charge in [-0.3, -0.25) is 4.98 Å². The first-order valence-corrected chi connectivity index (χ1v) is 7.99. The molecule has 0 saturated carbocycles. The standard InChI is InChI=1S/C14H19N5OS/c1-10-13(16-6-5-15-10)20-9-12-3-7-19(8-4-12)14-18-17-11(2)21-14/h5-6,12H,3-4,7-9H2,1-2H3. The van der Waals surface area contributed by atoms with Crippen molar-refractivity contribution in [2.45, 2.75) is 26.7 Å². The van der Waals surface area contributed by atoms with Gasteiger partial charge in [0.1, 0.15) is 5.01 Å². The third kappa shape index (κ3) is 3.47. The summed E-state index contributed by atoms with van der Waals surface area (Å²) in [6.07, 6.45) is 5.57. The van der Waals surface area contributed by atoms with Crippen LogP contribution in [-0.2, 0) is 0 Å². The third-order valence-electron chi connectivity index (χ3n) is 3.69. The molecule has 1 saturated heterocycles. The second-order valence-corrected chi connectivity index (χ2v) is 6.45. The minimum Gasteiger partial charge on any atom is -0.476 e. The molecule has 0 radical (unpaired) electrons. The summed E-state index contributed by atoms with van der Waals surface area (Å²) >= 11 is 1.66. The SMILES string of the molecule is Cc1nnc(N2CCC(COc3nccnc3C)CC2)s1. The van der Waals surface area contributed by atoms with Crippen molar-refractivity contribution < 1.29 is 4.74 Å². The van der Waals surface area contributed by atoms with Crippen LogP contribution in [0.25, 0.3) is 0 Å². The van der Waals surface area contributed by atoms with Gasteiger partial charge in [0.15, 0.2) is 0 Å². The maximum absolute atomic E-state index is 5.80. The van der Waals surface area contributed by atoms with Crippen LogP contribution in [0.15, 0.2) is 12.4 Å². The molecule has 7 heteroatoms. The van der Waals surface area contributed by atoms with E-state index >= 15 is 0 Å². The van der Waals surface area contributed by atoms with E-state index in [4.69, 9.17) is 4.74 Å². The molecule has 3 heterocycles. The Balaban J connectivity index is 1.49. The average molecular weight is 305 g/mol. The van der Waals surface area contributed by atoms with Gasteiger partial charge in [-0.25, -0.2) is 4.98 Å². The number of hydrogen-bond donors (Lipinski definition) is 0. The van der Waals surface area contributed by atoms with Gasteiger partial charge >= 0.3 is 0 Å². The summed E-state index contributed by atoms with van der Waals surface area (Å²) in [7, 11) is 0. The zero-order valence-corrected chi connectivity index (χ0v) is 13.1. The predicted molar refractivity (Wildman–Crippen MR) is 81.8 cm³/mol. The van der Waals surface area contributed by atoms with Gasteiger partial charge in [-0.1, -0.05) is 11.3 Å². The first kappa shape index (κ1) is 14.2. The van der Waals surface area contributed by atoms with E-state index in [1.165, 1.54) is 0 Å². The smallest absolute Gasteiger partial charge is 0.235 e. The number of ether oxygens (including phenoxy) is 1. The Bertz CT molecular complexity index is 595. The molecule has 1 aliphatic rings. The van der Waals surface area contributed by atoms with Crippen LogP contribution >= 0.6 is 11.3 Å². The predicted octanol–water partition coefficient (Wildman–Crippen LogP) is 2.24. The van der Waals surface area contributed by atoms with Gasteiger partial charge in [0, 0.05) is 25.5 Å². The third-order valence-corrected chi connectivity index (χ3v) is 4.59. The topological polar surface area (TPSA) is 64.0 Å². The Kier molecular flexibility index (Phi) is 4.28. The van der Waals surface area contributed by atoms with E-state index in [1.54, 1.807) is 23.7 Å². The Hall–Kier alpha value is -1.76. The van der Waals surface area contributed by atoms with Crippen LogP contribution in [0, 0.1) is 19.8 Å².